The lowest BCUT2D eigenvalue weighted by atomic mass is 10.1. The molecule has 0 saturated heterocycles. The van der Waals surface area contributed by atoms with Gasteiger partial charge in [0.2, 0.25) is 11.7 Å². The minimum Gasteiger partial charge on any atom is -0.485 e. The highest BCUT2D eigenvalue weighted by molar-refractivity contribution is 5.89. The lowest BCUT2D eigenvalue weighted by molar-refractivity contribution is -0.117. The molecule has 2 amide bonds. The van der Waals surface area contributed by atoms with Crippen LogP contribution in [0.5, 0.6) is 5.75 Å². The summed E-state index contributed by atoms with van der Waals surface area (Å²) in [5, 5.41) is 6.56. The predicted molar refractivity (Wildman–Crippen MR) is 100 cm³/mol. The maximum Gasteiger partial charge on any atom is 0.316 e. The second kappa shape index (κ2) is 8.81. The Hall–Kier alpha value is -3.68. The van der Waals surface area contributed by atoms with Gasteiger partial charge in [0.05, 0.1) is 12.5 Å². The van der Waals surface area contributed by atoms with Gasteiger partial charge in [0.15, 0.2) is 6.61 Å². The maximum absolute atomic E-state index is 12.3. The molecule has 1 unspecified atom stereocenters. The second-order valence-electron chi connectivity index (χ2n) is 6.20. The van der Waals surface area contributed by atoms with Gasteiger partial charge in [0.1, 0.15) is 5.75 Å². The van der Waals surface area contributed by atoms with Crippen LogP contribution < -0.4 is 15.8 Å². The first kappa shape index (κ1) is 19.1. The lowest BCUT2D eigenvalue weighted by Gasteiger charge is -2.12. The fourth-order valence-electron chi connectivity index (χ4n) is 2.54. The summed E-state index contributed by atoms with van der Waals surface area (Å²) < 4.78 is 10.6. The first-order valence-corrected chi connectivity index (χ1v) is 8.69. The highest BCUT2D eigenvalue weighted by Gasteiger charge is 2.18. The van der Waals surface area contributed by atoms with Gasteiger partial charge in [0.25, 0.3) is 0 Å². The Morgan fingerprint density at radius 3 is 2.54 bits per heavy atom. The molecule has 8 nitrogen and oxygen atoms in total. The molecular weight excluding hydrogens is 360 g/mol. The summed E-state index contributed by atoms with van der Waals surface area (Å²) in [6.07, 6.45) is 0.172. The molecule has 3 aromatic rings. The number of rotatable bonds is 8. The van der Waals surface area contributed by atoms with Crippen molar-refractivity contribution in [3.05, 3.63) is 77.4 Å². The third-order valence-electron chi connectivity index (χ3n) is 3.98. The molecule has 0 spiro atoms. The van der Waals surface area contributed by atoms with Crippen LogP contribution in [0.2, 0.25) is 0 Å². The molecule has 0 radical (unpaired) electrons. The fourth-order valence-corrected chi connectivity index (χ4v) is 2.54. The molecule has 0 aliphatic rings. The molecule has 3 rings (SSSR count). The van der Waals surface area contributed by atoms with Gasteiger partial charge in [-0.05, 0) is 30.2 Å². The maximum atomic E-state index is 12.3. The highest BCUT2D eigenvalue weighted by Crippen LogP contribution is 2.15. The number of nitrogens with two attached hydrogens (primary N) is 1. The smallest absolute Gasteiger partial charge is 0.316 e. The number of benzene rings is 2. The third kappa shape index (κ3) is 5.16. The van der Waals surface area contributed by atoms with E-state index in [4.69, 9.17) is 15.0 Å². The number of carbonyl (C=O) groups is 2. The van der Waals surface area contributed by atoms with Crippen LogP contribution in [0, 0.1) is 0 Å². The van der Waals surface area contributed by atoms with E-state index in [9.17, 15) is 9.59 Å². The van der Waals surface area contributed by atoms with Crippen molar-refractivity contribution in [1.82, 2.24) is 15.5 Å². The zero-order valence-electron chi connectivity index (χ0n) is 15.3. The quantitative estimate of drug-likeness (QED) is 0.618. The number of ether oxygens (including phenoxy) is 1. The van der Waals surface area contributed by atoms with Crippen molar-refractivity contribution >= 4 is 11.8 Å². The van der Waals surface area contributed by atoms with E-state index >= 15 is 0 Å². The van der Waals surface area contributed by atoms with E-state index < -0.39 is 11.8 Å². The van der Waals surface area contributed by atoms with E-state index in [1.165, 1.54) is 0 Å². The molecule has 28 heavy (non-hydrogen) atoms. The SMILES string of the molecule is CC(NC(=O)c1nc(COc2ccc(CC(N)=O)cc2)no1)c1ccccc1. The van der Waals surface area contributed by atoms with E-state index in [2.05, 4.69) is 15.5 Å². The molecule has 1 heterocycles. The van der Waals surface area contributed by atoms with Gasteiger partial charge in [0, 0.05) is 0 Å². The van der Waals surface area contributed by atoms with Gasteiger partial charge in [-0.2, -0.15) is 4.98 Å². The summed E-state index contributed by atoms with van der Waals surface area (Å²) in [5.41, 5.74) is 6.93. The molecule has 0 bridgehead atoms. The number of hydrogen-bond acceptors (Lipinski definition) is 6. The van der Waals surface area contributed by atoms with Crippen molar-refractivity contribution < 1.29 is 18.8 Å². The molecule has 0 fully saturated rings. The number of carbonyl (C=O) groups excluding carboxylic acids is 2. The van der Waals surface area contributed by atoms with Crippen LogP contribution in [0.15, 0.2) is 59.1 Å². The van der Waals surface area contributed by atoms with Crippen molar-refractivity contribution in [1.29, 1.82) is 0 Å². The molecule has 0 aliphatic heterocycles. The van der Waals surface area contributed by atoms with Crippen molar-refractivity contribution in [2.75, 3.05) is 0 Å². The number of hydrogen-bond donors (Lipinski definition) is 2. The molecular formula is C20H20N4O4. The van der Waals surface area contributed by atoms with Crippen molar-refractivity contribution in [3.63, 3.8) is 0 Å². The monoisotopic (exact) mass is 380 g/mol. The minimum atomic E-state index is -0.453. The van der Waals surface area contributed by atoms with Crippen molar-refractivity contribution in [2.45, 2.75) is 26.0 Å². The number of aromatic nitrogens is 2. The molecule has 144 valence electrons. The van der Waals surface area contributed by atoms with E-state index in [-0.39, 0.29) is 30.8 Å². The van der Waals surface area contributed by atoms with Gasteiger partial charge in [-0.3, -0.25) is 9.59 Å². The Morgan fingerprint density at radius 2 is 1.86 bits per heavy atom. The molecule has 8 heteroatoms. The van der Waals surface area contributed by atoms with Crippen LogP contribution in [0.4, 0.5) is 0 Å². The molecule has 1 atom stereocenters. The first-order valence-electron chi connectivity index (χ1n) is 8.69. The zero-order valence-corrected chi connectivity index (χ0v) is 15.3. The normalized spacial score (nSPS) is 11.6. The Balaban J connectivity index is 1.53. The number of nitrogens with one attached hydrogen (secondary N) is 1. The highest BCUT2D eigenvalue weighted by atomic mass is 16.5. The first-order chi connectivity index (χ1) is 13.5. The Kier molecular flexibility index (Phi) is 6.01. The van der Waals surface area contributed by atoms with Crippen LogP contribution in [0.1, 0.15) is 40.6 Å². The largest absolute Gasteiger partial charge is 0.485 e. The van der Waals surface area contributed by atoms with Crippen LogP contribution in [0.25, 0.3) is 0 Å². The summed E-state index contributed by atoms with van der Waals surface area (Å²) in [7, 11) is 0. The van der Waals surface area contributed by atoms with E-state index in [0.717, 1.165) is 11.1 Å². The van der Waals surface area contributed by atoms with Crippen molar-refractivity contribution in [3.8, 4) is 5.75 Å². The Bertz CT molecular complexity index is 938. The fraction of sp³-hybridized carbons (Fsp3) is 0.200. The summed E-state index contributed by atoms with van der Waals surface area (Å²) in [6, 6.07) is 16.3. The van der Waals surface area contributed by atoms with Gasteiger partial charge in [-0.1, -0.05) is 47.6 Å². The van der Waals surface area contributed by atoms with Gasteiger partial charge < -0.3 is 20.3 Å². The van der Waals surface area contributed by atoms with Crippen LogP contribution in [-0.2, 0) is 17.8 Å². The predicted octanol–water partition coefficient (Wildman–Crippen LogP) is 2.17. The lowest BCUT2D eigenvalue weighted by Crippen LogP contribution is -2.26. The number of primary amides is 1. The van der Waals surface area contributed by atoms with E-state index in [1.807, 2.05) is 37.3 Å². The summed E-state index contributed by atoms with van der Waals surface area (Å²) in [4.78, 5) is 27.2. The topological polar surface area (TPSA) is 120 Å². The van der Waals surface area contributed by atoms with Gasteiger partial charge >= 0.3 is 11.8 Å². The summed E-state index contributed by atoms with van der Waals surface area (Å²) in [6.45, 7) is 1.91. The summed E-state index contributed by atoms with van der Waals surface area (Å²) in [5.74, 6) is -0.155. The average Bonchev–Trinajstić information content (AvgIpc) is 3.17. The summed E-state index contributed by atoms with van der Waals surface area (Å²) >= 11 is 0. The van der Waals surface area contributed by atoms with Crippen LogP contribution in [-0.4, -0.2) is 22.0 Å². The minimum absolute atomic E-state index is 0.0419. The molecule has 3 N–H and O–H groups in total. The average molecular weight is 380 g/mol. The van der Waals surface area contributed by atoms with Crippen LogP contribution >= 0.6 is 0 Å². The molecule has 2 aromatic carbocycles. The van der Waals surface area contributed by atoms with Crippen LogP contribution in [0.3, 0.4) is 0 Å². The molecule has 1 aromatic heterocycles. The molecule has 0 saturated carbocycles. The van der Waals surface area contributed by atoms with Gasteiger partial charge in [-0.25, -0.2) is 0 Å². The van der Waals surface area contributed by atoms with Crippen molar-refractivity contribution in [2.24, 2.45) is 5.73 Å². The van der Waals surface area contributed by atoms with Gasteiger partial charge in [-0.15, -0.1) is 0 Å². The van der Waals surface area contributed by atoms with E-state index in [1.54, 1.807) is 24.3 Å². The Labute approximate surface area is 161 Å². The molecule has 0 aliphatic carbocycles. The number of nitrogens with zero attached hydrogens (tertiary/aromatic N) is 2. The standard InChI is InChI=1S/C20H20N4O4/c1-13(15-5-3-2-4-6-15)22-19(26)20-23-18(24-28-20)12-27-16-9-7-14(8-10-16)11-17(21)25/h2-10,13H,11-12H2,1H3,(H2,21,25)(H,22,26). The third-order valence-corrected chi connectivity index (χ3v) is 3.98. The van der Waals surface area contributed by atoms with E-state index in [0.29, 0.717) is 5.75 Å². The Morgan fingerprint density at radius 1 is 1.14 bits per heavy atom. The second-order valence-corrected chi connectivity index (χ2v) is 6.20. The number of amides is 2. The zero-order chi connectivity index (χ0) is 19.9.